The van der Waals surface area contributed by atoms with E-state index in [-0.39, 0.29) is 24.4 Å². The monoisotopic (exact) mass is 517 g/mol. The van der Waals surface area contributed by atoms with Crippen molar-refractivity contribution in [2.45, 2.75) is 124 Å². The highest BCUT2D eigenvalue weighted by Gasteiger charge is 2.32. The van der Waals surface area contributed by atoms with E-state index >= 15 is 0 Å². The van der Waals surface area contributed by atoms with Gasteiger partial charge in [0.05, 0.1) is 0 Å². The first kappa shape index (κ1) is 32.5. The van der Waals surface area contributed by atoms with Crippen LogP contribution in [0, 0.1) is 13.8 Å². The van der Waals surface area contributed by atoms with Gasteiger partial charge in [-0.25, -0.2) is 4.79 Å². The van der Waals surface area contributed by atoms with E-state index in [2.05, 4.69) is 24.5 Å². The summed E-state index contributed by atoms with van der Waals surface area (Å²) in [5, 5.41) is 5.70. The summed E-state index contributed by atoms with van der Waals surface area (Å²) in [6.07, 6.45) is 7.58. The number of nitrogens with one attached hydrogen (secondary N) is 2. The number of ether oxygens (including phenoxy) is 1. The van der Waals surface area contributed by atoms with Crippen molar-refractivity contribution in [1.29, 1.82) is 0 Å². The molecule has 1 aromatic carbocycles. The molecule has 0 saturated heterocycles. The molecule has 2 atom stereocenters. The van der Waals surface area contributed by atoms with E-state index in [1.54, 1.807) is 25.7 Å². The Morgan fingerprint density at radius 2 is 1.59 bits per heavy atom. The van der Waals surface area contributed by atoms with Crippen molar-refractivity contribution in [2.75, 3.05) is 13.1 Å². The Bertz CT molecular complexity index is 863. The summed E-state index contributed by atoms with van der Waals surface area (Å²) >= 11 is 0. The van der Waals surface area contributed by atoms with E-state index in [4.69, 9.17) is 4.74 Å². The van der Waals surface area contributed by atoms with Crippen LogP contribution in [0.4, 0.5) is 4.79 Å². The van der Waals surface area contributed by atoms with Crippen LogP contribution in [0.25, 0.3) is 0 Å². The number of aryl methyl sites for hydroxylation is 2. The molecular weight excluding hydrogens is 466 g/mol. The minimum atomic E-state index is -0.776. The zero-order valence-corrected chi connectivity index (χ0v) is 24.5. The molecule has 0 aromatic heterocycles. The van der Waals surface area contributed by atoms with Gasteiger partial charge in [-0.3, -0.25) is 9.59 Å². The maximum atomic E-state index is 13.7. The molecule has 1 rings (SSSR count). The fraction of sp³-hybridized carbons (Fsp3) is 0.700. The molecule has 0 heterocycles. The lowest BCUT2D eigenvalue weighted by Crippen LogP contribution is -2.49. The predicted octanol–water partition coefficient (Wildman–Crippen LogP) is 6.36. The van der Waals surface area contributed by atoms with Crippen LogP contribution in [0.15, 0.2) is 18.2 Å². The molecule has 2 N–H and O–H groups in total. The minimum Gasteiger partial charge on any atom is -0.444 e. The van der Waals surface area contributed by atoms with Gasteiger partial charge in [0.1, 0.15) is 18.2 Å². The van der Waals surface area contributed by atoms with E-state index in [9.17, 15) is 14.4 Å². The number of amides is 3. The highest BCUT2D eigenvalue weighted by atomic mass is 16.6. The minimum absolute atomic E-state index is 0.00238. The number of unbranched alkanes of at least 4 members (excludes halogenated alkanes) is 5. The Morgan fingerprint density at radius 3 is 2.19 bits per heavy atom. The first-order valence-electron chi connectivity index (χ1n) is 14.0. The van der Waals surface area contributed by atoms with Crippen LogP contribution in [-0.2, 0) is 14.3 Å². The molecule has 0 radical (unpaired) electrons. The van der Waals surface area contributed by atoms with Crippen molar-refractivity contribution in [2.24, 2.45) is 0 Å². The van der Waals surface area contributed by atoms with Crippen LogP contribution >= 0.6 is 0 Å². The molecule has 0 fully saturated rings. The number of nitrogens with zero attached hydrogens (tertiary/aromatic N) is 1. The number of carbonyl (C=O) groups is 3. The summed E-state index contributed by atoms with van der Waals surface area (Å²) in [5.41, 5.74) is 2.31. The summed E-state index contributed by atoms with van der Waals surface area (Å²) in [4.78, 5) is 41.1. The molecule has 7 heteroatoms. The molecule has 0 saturated carbocycles. The highest BCUT2D eigenvalue weighted by molar-refractivity contribution is 5.90. The molecule has 0 spiro atoms. The van der Waals surface area contributed by atoms with Gasteiger partial charge in [0, 0.05) is 12.6 Å². The molecule has 1 aromatic rings. The fourth-order valence-corrected chi connectivity index (χ4v) is 4.26. The number of benzene rings is 1. The quantitative estimate of drug-likeness (QED) is 0.265. The Kier molecular flexibility index (Phi) is 14.3. The lowest BCUT2D eigenvalue weighted by Gasteiger charge is -2.33. The van der Waals surface area contributed by atoms with Crippen LogP contribution in [-0.4, -0.2) is 47.5 Å². The topological polar surface area (TPSA) is 87.7 Å². The van der Waals surface area contributed by atoms with Gasteiger partial charge in [0.15, 0.2) is 0 Å². The molecule has 3 amide bonds. The van der Waals surface area contributed by atoms with Gasteiger partial charge < -0.3 is 20.3 Å². The number of hydrogen-bond donors (Lipinski definition) is 2. The molecule has 210 valence electrons. The second kappa shape index (κ2) is 16.3. The van der Waals surface area contributed by atoms with Gasteiger partial charge in [0.25, 0.3) is 0 Å². The van der Waals surface area contributed by atoms with E-state index in [0.29, 0.717) is 6.54 Å². The molecule has 0 bridgehead atoms. The second-order valence-electron chi connectivity index (χ2n) is 11.2. The van der Waals surface area contributed by atoms with E-state index in [1.807, 2.05) is 39.0 Å². The van der Waals surface area contributed by atoms with Gasteiger partial charge in [-0.2, -0.15) is 0 Å². The Balaban J connectivity index is 3.23. The second-order valence-corrected chi connectivity index (χ2v) is 11.2. The zero-order valence-electron chi connectivity index (χ0n) is 24.5. The lowest BCUT2D eigenvalue weighted by molar-refractivity contribution is -0.140. The van der Waals surface area contributed by atoms with Gasteiger partial charge >= 0.3 is 6.09 Å². The van der Waals surface area contributed by atoms with E-state index in [0.717, 1.165) is 48.8 Å². The van der Waals surface area contributed by atoms with Gasteiger partial charge in [-0.05, 0) is 71.1 Å². The van der Waals surface area contributed by atoms with Crippen LogP contribution in [0.5, 0.6) is 0 Å². The smallest absolute Gasteiger partial charge is 0.408 e. The maximum absolute atomic E-state index is 13.7. The third-order valence-electron chi connectivity index (χ3n) is 6.37. The molecule has 0 aliphatic carbocycles. The standard InChI is InChI=1S/C30H51N3O4/c1-9-11-12-13-14-15-19-33(26(34)21-31-29(36)37-30(6,7)8)27(28(35)32-24(5)16-10-2)25-18-17-22(3)23(4)20-25/h17-18,20,24,27H,9-16,19,21H2,1-8H3,(H,31,36)(H,32,35). The normalized spacial score (nSPS) is 13.0. The number of hydrogen-bond acceptors (Lipinski definition) is 4. The van der Waals surface area contributed by atoms with Crippen molar-refractivity contribution >= 4 is 17.9 Å². The Morgan fingerprint density at radius 1 is 0.946 bits per heavy atom. The first-order chi connectivity index (χ1) is 17.4. The third-order valence-corrected chi connectivity index (χ3v) is 6.37. The fourth-order valence-electron chi connectivity index (χ4n) is 4.26. The molecule has 0 aliphatic rings. The van der Waals surface area contributed by atoms with Crippen molar-refractivity contribution in [3.8, 4) is 0 Å². The summed E-state index contributed by atoms with van der Waals surface area (Å²) in [6.45, 7) is 15.8. The van der Waals surface area contributed by atoms with Crippen LogP contribution < -0.4 is 10.6 Å². The van der Waals surface area contributed by atoms with Crippen molar-refractivity contribution in [3.05, 3.63) is 34.9 Å². The Hall–Kier alpha value is -2.57. The molecular formula is C30H51N3O4. The van der Waals surface area contributed by atoms with E-state index in [1.165, 1.54) is 19.3 Å². The number of rotatable bonds is 15. The Labute approximate surface area is 225 Å². The van der Waals surface area contributed by atoms with Gasteiger partial charge in [0.2, 0.25) is 11.8 Å². The largest absolute Gasteiger partial charge is 0.444 e. The highest BCUT2D eigenvalue weighted by Crippen LogP contribution is 2.25. The summed E-state index contributed by atoms with van der Waals surface area (Å²) in [6, 6.07) is 5.14. The third kappa shape index (κ3) is 12.5. The molecule has 7 nitrogen and oxygen atoms in total. The van der Waals surface area contributed by atoms with Crippen LogP contribution in [0.1, 0.15) is 116 Å². The van der Waals surface area contributed by atoms with Crippen molar-refractivity contribution in [3.63, 3.8) is 0 Å². The van der Waals surface area contributed by atoms with Crippen LogP contribution in [0.2, 0.25) is 0 Å². The van der Waals surface area contributed by atoms with Crippen molar-refractivity contribution in [1.82, 2.24) is 15.5 Å². The summed E-state index contributed by atoms with van der Waals surface area (Å²) in [7, 11) is 0. The van der Waals surface area contributed by atoms with Crippen molar-refractivity contribution < 1.29 is 19.1 Å². The summed E-state index contributed by atoms with van der Waals surface area (Å²) in [5.74, 6) is -0.498. The predicted molar refractivity (Wildman–Crippen MR) is 150 cm³/mol. The number of alkyl carbamates (subject to hydrolysis) is 1. The van der Waals surface area contributed by atoms with Gasteiger partial charge in [-0.1, -0.05) is 70.6 Å². The first-order valence-corrected chi connectivity index (χ1v) is 14.0. The van der Waals surface area contributed by atoms with Crippen LogP contribution in [0.3, 0.4) is 0 Å². The maximum Gasteiger partial charge on any atom is 0.408 e. The lowest BCUT2D eigenvalue weighted by atomic mass is 9.98. The SMILES string of the molecule is CCCCCCCCN(C(=O)CNC(=O)OC(C)(C)C)C(C(=O)NC(C)CCC)c1ccc(C)c(C)c1. The van der Waals surface area contributed by atoms with E-state index < -0.39 is 17.7 Å². The number of carbonyl (C=O) groups excluding carboxylic acids is 3. The summed E-state index contributed by atoms with van der Waals surface area (Å²) < 4.78 is 5.30. The molecule has 37 heavy (non-hydrogen) atoms. The average molecular weight is 518 g/mol. The zero-order chi connectivity index (χ0) is 28.0. The molecule has 2 unspecified atom stereocenters. The van der Waals surface area contributed by atoms with Gasteiger partial charge in [-0.15, -0.1) is 0 Å². The average Bonchev–Trinajstić information content (AvgIpc) is 2.80. The molecule has 0 aliphatic heterocycles.